The summed E-state index contributed by atoms with van der Waals surface area (Å²) in [5.74, 6) is -1.29. The highest BCUT2D eigenvalue weighted by molar-refractivity contribution is 5.89. The van der Waals surface area contributed by atoms with Gasteiger partial charge >= 0.3 is 5.97 Å². The highest BCUT2D eigenvalue weighted by Gasteiger charge is 2.29. The summed E-state index contributed by atoms with van der Waals surface area (Å²) in [4.78, 5) is 22.5. The van der Waals surface area contributed by atoms with Gasteiger partial charge in [0.15, 0.2) is 0 Å². The third-order valence-corrected chi connectivity index (χ3v) is 2.37. The molecular formula is C10H20N2O3. The Bertz CT molecular complexity index is 239. The lowest BCUT2D eigenvalue weighted by molar-refractivity contribution is -0.142. The van der Waals surface area contributed by atoms with E-state index in [1.165, 1.54) is 0 Å². The molecule has 1 unspecified atom stereocenters. The smallest absolute Gasteiger partial charge is 0.326 e. The van der Waals surface area contributed by atoms with Crippen LogP contribution in [0.25, 0.3) is 0 Å². The van der Waals surface area contributed by atoms with Gasteiger partial charge in [-0.25, -0.2) is 4.79 Å². The van der Waals surface area contributed by atoms with Crippen LogP contribution in [0.4, 0.5) is 0 Å². The van der Waals surface area contributed by atoms with Crippen LogP contribution in [0.1, 0.15) is 33.6 Å². The lowest BCUT2D eigenvalue weighted by atomic mass is 10.0. The van der Waals surface area contributed by atoms with Crippen LogP contribution in [-0.2, 0) is 9.59 Å². The van der Waals surface area contributed by atoms with E-state index in [1.807, 2.05) is 6.92 Å². The lowest BCUT2D eigenvalue weighted by Gasteiger charge is -2.25. The first-order chi connectivity index (χ1) is 6.85. The molecule has 0 radical (unpaired) electrons. The summed E-state index contributed by atoms with van der Waals surface area (Å²) in [7, 11) is 1.66. The highest BCUT2D eigenvalue weighted by atomic mass is 16.4. The molecular weight excluding hydrogens is 196 g/mol. The van der Waals surface area contributed by atoms with Crippen molar-refractivity contribution in [1.29, 1.82) is 0 Å². The van der Waals surface area contributed by atoms with Gasteiger partial charge in [-0.3, -0.25) is 4.79 Å². The largest absolute Gasteiger partial charge is 0.480 e. The Morgan fingerprint density at radius 1 is 1.40 bits per heavy atom. The number of carboxylic acid groups (broad SMARTS) is 1. The van der Waals surface area contributed by atoms with Crippen molar-refractivity contribution in [2.75, 3.05) is 7.05 Å². The molecule has 0 aromatic heterocycles. The van der Waals surface area contributed by atoms with Crippen molar-refractivity contribution >= 4 is 11.9 Å². The van der Waals surface area contributed by atoms with Crippen LogP contribution in [0.5, 0.6) is 0 Å². The van der Waals surface area contributed by atoms with Gasteiger partial charge in [0.05, 0.1) is 5.54 Å². The van der Waals surface area contributed by atoms with Crippen LogP contribution in [-0.4, -0.2) is 35.6 Å². The number of amides is 1. The fraction of sp³-hybridized carbons (Fsp3) is 0.800. The molecule has 0 bridgehead atoms. The number of hydrogen-bond acceptors (Lipinski definition) is 3. The van der Waals surface area contributed by atoms with Crippen molar-refractivity contribution in [3.63, 3.8) is 0 Å². The third-order valence-electron chi connectivity index (χ3n) is 2.37. The van der Waals surface area contributed by atoms with Gasteiger partial charge in [-0.15, -0.1) is 0 Å². The second-order valence-corrected chi connectivity index (χ2v) is 4.03. The molecule has 5 nitrogen and oxygen atoms in total. The molecule has 0 aliphatic rings. The number of hydrogen-bond donors (Lipinski definition) is 3. The van der Waals surface area contributed by atoms with E-state index in [4.69, 9.17) is 5.11 Å². The molecule has 0 spiro atoms. The number of carbonyl (C=O) groups is 2. The average molecular weight is 216 g/mol. The first kappa shape index (κ1) is 13.9. The van der Waals surface area contributed by atoms with Gasteiger partial charge in [0.1, 0.15) is 6.04 Å². The molecule has 0 aliphatic carbocycles. The standard InChI is InChI=1S/C10H20N2O3/c1-5-6-7(8(13)14)12-9(15)10(2,3)11-4/h7,11H,5-6H2,1-4H3,(H,12,15)(H,13,14). The first-order valence-electron chi connectivity index (χ1n) is 5.07. The van der Waals surface area contributed by atoms with Crippen LogP contribution in [0.2, 0.25) is 0 Å². The van der Waals surface area contributed by atoms with Crippen molar-refractivity contribution in [3.8, 4) is 0 Å². The van der Waals surface area contributed by atoms with Gasteiger partial charge in [0.25, 0.3) is 0 Å². The maximum atomic E-state index is 11.6. The summed E-state index contributed by atoms with van der Waals surface area (Å²) in [6.07, 6.45) is 1.16. The molecule has 15 heavy (non-hydrogen) atoms. The van der Waals surface area contributed by atoms with Crippen LogP contribution >= 0.6 is 0 Å². The van der Waals surface area contributed by atoms with Crippen molar-refractivity contribution in [2.45, 2.75) is 45.2 Å². The van der Waals surface area contributed by atoms with E-state index >= 15 is 0 Å². The van der Waals surface area contributed by atoms with Crippen LogP contribution in [0.3, 0.4) is 0 Å². The number of carboxylic acids is 1. The van der Waals surface area contributed by atoms with Crippen LogP contribution in [0, 0.1) is 0 Å². The Morgan fingerprint density at radius 2 is 1.93 bits per heavy atom. The zero-order chi connectivity index (χ0) is 12.1. The molecule has 0 heterocycles. The minimum atomic E-state index is -0.989. The summed E-state index contributed by atoms with van der Waals surface area (Å²) in [6.45, 7) is 5.28. The summed E-state index contributed by atoms with van der Waals surface area (Å²) in [5.41, 5.74) is -0.749. The first-order valence-corrected chi connectivity index (χ1v) is 5.07. The highest BCUT2D eigenvalue weighted by Crippen LogP contribution is 2.04. The summed E-state index contributed by atoms with van der Waals surface area (Å²) in [6, 6.07) is -0.796. The van der Waals surface area contributed by atoms with E-state index in [1.54, 1.807) is 20.9 Å². The number of carbonyl (C=O) groups excluding carboxylic acids is 1. The maximum absolute atomic E-state index is 11.6. The third kappa shape index (κ3) is 4.29. The molecule has 3 N–H and O–H groups in total. The van der Waals surface area contributed by atoms with Crippen molar-refractivity contribution in [2.24, 2.45) is 0 Å². The van der Waals surface area contributed by atoms with E-state index < -0.39 is 17.6 Å². The minimum Gasteiger partial charge on any atom is -0.480 e. The van der Waals surface area contributed by atoms with E-state index in [2.05, 4.69) is 10.6 Å². The number of nitrogens with one attached hydrogen (secondary N) is 2. The van der Waals surface area contributed by atoms with Crippen LogP contribution in [0.15, 0.2) is 0 Å². The number of aliphatic carboxylic acids is 1. The molecule has 0 rings (SSSR count). The zero-order valence-corrected chi connectivity index (χ0v) is 9.76. The molecule has 0 aromatic rings. The predicted molar refractivity (Wildman–Crippen MR) is 57.6 cm³/mol. The second-order valence-electron chi connectivity index (χ2n) is 4.03. The van der Waals surface area contributed by atoms with Gasteiger partial charge < -0.3 is 15.7 Å². The van der Waals surface area contributed by atoms with Crippen LogP contribution < -0.4 is 10.6 Å². The van der Waals surface area contributed by atoms with E-state index in [0.29, 0.717) is 6.42 Å². The predicted octanol–water partition coefficient (Wildman–Crippen LogP) is 0.354. The van der Waals surface area contributed by atoms with E-state index in [0.717, 1.165) is 6.42 Å². The molecule has 1 atom stereocenters. The summed E-state index contributed by atoms with van der Waals surface area (Å²) >= 11 is 0. The summed E-state index contributed by atoms with van der Waals surface area (Å²) in [5, 5.41) is 14.2. The second kappa shape index (κ2) is 5.70. The van der Waals surface area contributed by atoms with Crippen molar-refractivity contribution < 1.29 is 14.7 Å². The normalized spacial score (nSPS) is 13.3. The van der Waals surface area contributed by atoms with Gasteiger partial charge in [-0.05, 0) is 27.3 Å². The molecule has 0 saturated heterocycles. The molecule has 0 saturated carbocycles. The van der Waals surface area contributed by atoms with Crippen molar-refractivity contribution in [1.82, 2.24) is 10.6 Å². The van der Waals surface area contributed by atoms with E-state index in [-0.39, 0.29) is 5.91 Å². The Labute approximate surface area is 90.2 Å². The molecule has 0 aliphatic heterocycles. The lowest BCUT2D eigenvalue weighted by Crippen LogP contribution is -2.55. The molecule has 0 aromatic carbocycles. The van der Waals surface area contributed by atoms with Gasteiger partial charge in [-0.2, -0.15) is 0 Å². The Balaban J connectivity index is 4.41. The minimum absolute atomic E-state index is 0.300. The SMILES string of the molecule is CCCC(NC(=O)C(C)(C)NC)C(=O)O. The van der Waals surface area contributed by atoms with E-state index in [9.17, 15) is 9.59 Å². The van der Waals surface area contributed by atoms with Crippen molar-refractivity contribution in [3.05, 3.63) is 0 Å². The fourth-order valence-corrected chi connectivity index (χ4v) is 0.998. The van der Waals surface area contributed by atoms with Gasteiger partial charge in [-0.1, -0.05) is 13.3 Å². The molecule has 0 fully saturated rings. The number of likely N-dealkylation sites (N-methyl/N-ethyl adjacent to an activating group) is 1. The Hall–Kier alpha value is -1.10. The Kier molecular flexibility index (Phi) is 5.28. The Morgan fingerprint density at radius 3 is 2.27 bits per heavy atom. The zero-order valence-electron chi connectivity index (χ0n) is 9.76. The average Bonchev–Trinajstić information content (AvgIpc) is 2.16. The monoisotopic (exact) mass is 216 g/mol. The van der Waals surface area contributed by atoms with Gasteiger partial charge in [0.2, 0.25) is 5.91 Å². The topological polar surface area (TPSA) is 78.4 Å². The fourth-order valence-electron chi connectivity index (χ4n) is 0.998. The number of rotatable bonds is 6. The molecule has 1 amide bonds. The molecule has 88 valence electrons. The quantitative estimate of drug-likeness (QED) is 0.599. The summed E-state index contributed by atoms with van der Waals surface area (Å²) < 4.78 is 0. The van der Waals surface area contributed by atoms with Gasteiger partial charge in [0, 0.05) is 0 Å². The molecule has 5 heteroatoms. The maximum Gasteiger partial charge on any atom is 0.326 e.